The summed E-state index contributed by atoms with van der Waals surface area (Å²) in [5.74, 6) is 0.0811. The maximum atomic E-state index is 13.2. The van der Waals surface area contributed by atoms with Gasteiger partial charge in [-0.15, -0.1) is 10.2 Å². The second-order valence-corrected chi connectivity index (χ2v) is 8.73. The van der Waals surface area contributed by atoms with E-state index in [2.05, 4.69) is 15.5 Å². The highest BCUT2D eigenvalue weighted by Crippen LogP contribution is 2.32. The molecule has 0 radical (unpaired) electrons. The zero-order chi connectivity index (χ0) is 23.0. The predicted octanol–water partition coefficient (Wildman–Crippen LogP) is 5.26. The Labute approximate surface area is 192 Å². The van der Waals surface area contributed by atoms with Gasteiger partial charge in [-0.05, 0) is 56.6 Å². The molecule has 6 nitrogen and oxygen atoms in total. The molecule has 0 unspecified atom stereocenters. The molecule has 0 saturated carbocycles. The van der Waals surface area contributed by atoms with Crippen LogP contribution in [0.3, 0.4) is 0 Å². The number of alkyl halides is 3. The molecule has 0 aliphatic carbocycles. The lowest BCUT2D eigenvalue weighted by Gasteiger charge is -2.35. The molecule has 170 valence electrons. The van der Waals surface area contributed by atoms with Gasteiger partial charge in [-0.1, -0.05) is 23.2 Å². The molecule has 3 heterocycles. The van der Waals surface area contributed by atoms with E-state index in [1.807, 2.05) is 4.90 Å². The first-order valence-corrected chi connectivity index (χ1v) is 10.8. The van der Waals surface area contributed by atoms with Crippen LogP contribution >= 0.6 is 23.2 Å². The fraction of sp³-hybridized carbons (Fsp3) is 0.381. The Morgan fingerprint density at radius 3 is 2.59 bits per heavy atom. The monoisotopic (exact) mass is 485 g/mol. The number of benzene rings is 1. The molecule has 2 aromatic heterocycles. The quantitative estimate of drug-likeness (QED) is 0.547. The summed E-state index contributed by atoms with van der Waals surface area (Å²) < 4.78 is 40.9. The van der Waals surface area contributed by atoms with Crippen molar-refractivity contribution in [2.75, 3.05) is 18.4 Å². The van der Waals surface area contributed by atoms with Gasteiger partial charge in [0, 0.05) is 34.4 Å². The maximum Gasteiger partial charge on any atom is 0.417 e. The summed E-state index contributed by atoms with van der Waals surface area (Å²) in [6.45, 7) is 2.95. The number of piperidine rings is 1. The van der Waals surface area contributed by atoms with Crippen molar-refractivity contribution < 1.29 is 18.0 Å². The van der Waals surface area contributed by atoms with Crippen LogP contribution in [0.4, 0.5) is 18.9 Å². The topological polar surface area (TPSA) is 62.5 Å². The summed E-state index contributed by atoms with van der Waals surface area (Å²) in [4.78, 5) is 14.8. The molecule has 32 heavy (non-hydrogen) atoms. The average Bonchev–Trinajstić information content (AvgIpc) is 3.15. The van der Waals surface area contributed by atoms with Gasteiger partial charge in [0.15, 0.2) is 5.65 Å². The van der Waals surface area contributed by atoms with Gasteiger partial charge >= 0.3 is 6.18 Å². The lowest BCUT2D eigenvalue weighted by atomic mass is 9.96. The Morgan fingerprint density at radius 2 is 1.91 bits per heavy atom. The summed E-state index contributed by atoms with van der Waals surface area (Å²) in [7, 11) is 0. The second-order valence-electron chi connectivity index (χ2n) is 7.86. The molecule has 4 rings (SSSR count). The Hall–Kier alpha value is -2.36. The Bertz CT molecular complexity index is 1130. The van der Waals surface area contributed by atoms with Crippen LogP contribution in [0.25, 0.3) is 5.65 Å². The van der Waals surface area contributed by atoms with Gasteiger partial charge in [-0.25, -0.2) is 0 Å². The molecular weight excluding hydrogens is 466 g/mol. The summed E-state index contributed by atoms with van der Waals surface area (Å²) in [6.07, 6.45) is -1.91. The lowest BCUT2D eigenvalue weighted by molar-refractivity contribution is -0.137. The minimum atomic E-state index is -4.45. The second kappa shape index (κ2) is 8.88. The first-order valence-electron chi connectivity index (χ1n) is 10.0. The van der Waals surface area contributed by atoms with Gasteiger partial charge in [-0.2, -0.15) is 13.2 Å². The minimum absolute atomic E-state index is 0.155. The third-order valence-electron chi connectivity index (χ3n) is 5.63. The summed E-state index contributed by atoms with van der Waals surface area (Å²) in [5.41, 5.74) is 0.0939. The van der Waals surface area contributed by atoms with Crippen LogP contribution < -0.4 is 5.32 Å². The Morgan fingerprint density at radius 1 is 1.19 bits per heavy atom. The van der Waals surface area contributed by atoms with Crippen LogP contribution in [0.2, 0.25) is 10.0 Å². The van der Waals surface area contributed by atoms with E-state index in [0.717, 1.165) is 25.1 Å². The van der Waals surface area contributed by atoms with E-state index in [1.54, 1.807) is 25.1 Å². The number of halogens is 5. The van der Waals surface area contributed by atoms with E-state index in [0.29, 0.717) is 40.3 Å². The number of fused-ring (bicyclic) bond motifs is 1. The molecule has 1 amide bonds. The molecular formula is C21H20Cl2F3N5O. The van der Waals surface area contributed by atoms with Crippen molar-refractivity contribution in [2.45, 2.75) is 37.9 Å². The van der Waals surface area contributed by atoms with Crippen LogP contribution in [0.5, 0.6) is 0 Å². The first kappa shape index (κ1) is 22.8. The number of carbonyl (C=O) groups is 1. The molecule has 3 aromatic rings. The standard InChI is InChI=1S/C21H20Cl2F3N5O/c1-12(20(32)27-17-8-15(22)7-16(23)9-17)30-6-2-3-13(10-30)19-29-28-18-5-4-14(11-31(18)19)21(24,25)26/h4-5,7-9,11-13H,2-3,6,10H2,1H3,(H,27,32)/t12-,13+/m1/s1. The molecule has 1 aliphatic heterocycles. The number of likely N-dealkylation sites (tertiary alicyclic amines) is 1. The van der Waals surface area contributed by atoms with E-state index < -0.39 is 17.8 Å². The fourth-order valence-electron chi connectivity index (χ4n) is 3.96. The van der Waals surface area contributed by atoms with E-state index in [1.165, 1.54) is 10.5 Å². The number of pyridine rings is 1. The number of amides is 1. The van der Waals surface area contributed by atoms with Crippen LogP contribution in [0.15, 0.2) is 36.5 Å². The van der Waals surface area contributed by atoms with E-state index in [9.17, 15) is 18.0 Å². The summed E-state index contributed by atoms with van der Waals surface area (Å²) in [5, 5.41) is 11.8. The third kappa shape index (κ3) is 4.84. The van der Waals surface area contributed by atoms with Crippen molar-refractivity contribution in [1.29, 1.82) is 0 Å². The van der Waals surface area contributed by atoms with Crippen LogP contribution in [0.1, 0.15) is 37.1 Å². The zero-order valence-corrected chi connectivity index (χ0v) is 18.5. The normalized spacial score (nSPS) is 18.6. The average molecular weight is 486 g/mol. The zero-order valence-electron chi connectivity index (χ0n) is 17.0. The minimum Gasteiger partial charge on any atom is -0.325 e. The van der Waals surface area contributed by atoms with Gasteiger partial charge in [0.1, 0.15) is 5.82 Å². The number of nitrogens with zero attached hydrogens (tertiary/aromatic N) is 4. The molecule has 0 bridgehead atoms. The number of hydrogen-bond donors (Lipinski definition) is 1. The smallest absolute Gasteiger partial charge is 0.325 e. The highest BCUT2D eigenvalue weighted by Gasteiger charge is 2.33. The number of hydrogen-bond acceptors (Lipinski definition) is 4. The predicted molar refractivity (Wildman–Crippen MR) is 116 cm³/mol. The van der Waals surface area contributed by atoms with Gasteiger partial charge < -0.3 is 5.32 Å². The first-order chi connectivity index (χ1) is 15.1. The Kier molecular flexibility index (Phi) is 6.33. The molecule has 2 atom stereocenters. The van der Waals surface area contributed by atoms with E-state index >= 15 is 0 Å². The van der Waals surface area contributed by atoms with Crippen molar-refractivity contribution in [1.82, 2.24) is 19.5 Å². The number of carbonyl (C=O) groups excluding carboxylic acids is 1. The highest BCUT2D eigenvalue weighted by molar-refractivity contribution is 6.35. The van der Waals surface area contributed by atoms with Gasteiger partial charge in [0.25, 0.3) is 0 Å². The van der Waals surface area contributed by atoms with Gasteiger partial charge in [-0.3, -0.25) is 14.1 Å². The third-order valence-corrected chi connectivity index (χ3v) is 6.07. The molecule has 1 N–H and O–H groups in total. The highest BCUT2D eigenvalue weighted by atomic mass is 35.5. The van der Waals surface area contributed by atoms with Crippen LogP contribution in [-0.4, -0.2) is 44.5 Å². The Balaban J connectivity index is 1.51. The molecule has 1 saturated heterocycles. The van der Waals surface area contributed by atoms with Gasteiger partial charge in [0.2, 0.25) is 5.91 Å². The van der Waals surface area contributed by atoms with Crippen LogP contribution in [0, 0.1) is 0 Å². The van der Waals surface area contributed by atoms with E-state index in [-0.39, 0.29) is 11.8 Å². The summed E-state index contributed by atoms with van der Waals surface area (Å²) >= 11 is 12.0. The number of nitrogens with one attached hydrogen (secondary N) is 1. The van der Waals surface area contributed by atoms with Crippen molar-refractivity contribution >= 4 is 40.4 Å². The fourth-order valence-corrected chi connectivity index (χ4v) is 4.49. The SMILES string of the molecule is C[C@H](C(=O)Nc1cc(Cl)cc(Cl)c1)N1CCC[C@H](c2nnc3ccc(C(F)(F)F)cn23)C1. The van der Waals surface area contributed by atoms with Crippen molar-refractivity contribution in [3.8, 4) is 0 Å². The molecule has 11 heteroatoms. The molecule has 0 spiro atoms. The van der Waals surface area contributed by atoms with Crippen molar-refractivity contribution in [3.63, 3.8) is 0 Å². The lowest BCUT2D eigenvalue weighted by Crippen LogP contribution is -2.46. The maximum absolute atomic E-state index is 13.2. The number of aromatic nitrogens is 3. The van der Waals surface area contributed by atoms with Crippen LogP contribution in [-0.2, 0) is 11.0 Å². The van der Waals surface area contributed by atoms with Crippen molar-refractivity contribution in [2.24, 2.45) is 0 Å². The van der Waals surface area contributed by atoms with Gasteiger partial charge in [0.05, 0.1) is 11.6 Å². The number of rotatable bonds is 4. The van der Waals surface area contributed by atoms with Crippen molar-refractivity contribution in [3.05, 3.63) is 58.0 Å². The number of anilines is 1. The molecule has 1 aromatic carbocycles. The van der Waals surface area contributed by atoms with E-state index in [4.69, 9.17) is 23.2 Å². The summed E-state index contributed by atoms with van der Waals surface area (Å²) in [6, 6.07) is 6.63. The molecule has 1 aliphatic rings. The largest absolute Gasteiger partial charge is 0.417 e. The molecule has 1 fully saturated rings.